The minimum Gasteiger partial charge on any atom is -0.354 e. The molecule has 0 aliphatic carbocycles. The summed E-state index contributed by atoms with van der Waals surface area (Å²) in [5, 5.41) is 3.74. The number of rotatable bonds is 13. The number of hydrogen-bond acceptors (Lipinski definition) is 4. The molecule has 4 rings (SSSR count). The van der Waals surface area contributed by atoms with Gasteiger partial charge in [-0.05, 0) is 73.4 Å². The predicted molar refractivity (Wildman–Crippen MR) is 181 cm³/mol. The first kappa shape index (κ1) is 34.0. The summed E-state index contributed by atoms with van der Waals surface area (Å²) >= 11 is 12.6. The van der Waals surface area contributed by atoms with E-state index in [1.54, 1.807) is 49.4 Å². The summed E-state index contributed by atoms with van der Waals surface area (Å²) < 4.78 is 29.5. The van der Waals surface area contributed by atoms with E-state index in [0.717, 1.165) is 15.4 Å². The topological polar surface area (TPSA) is 86.8 Å². The zero-order chi connectivity index (χ0) is 32.6. The van der Waals surface area contributed by atoms with Crippen LogP contribution in [0.5, 0.6) is 0 Å². The van der Waals surface area contributed by atoms with Crippen molar-refractivity contribution < 1.29 is 18.0 Å². The van der Waals surface area contributed by atoms with Crippen LogP contribution in [0, 0.1) is 13.8 Å². The summed E-state index contributed by atoms with van der Waals surface area (Å²) in [6.45, 7) is 5.46. The molecule has 236 valence electrons. The molecular weight excluding hydrogens is 629 g/mol. The molecular formula is C35H37Cl2N3O4S. The van der Waals surface area contributed by atoms with Crippen LogP contribution in [0.3, 0.4) is 0 Å². The van der Waals surface area contributed by atoms with Gasteiger partial charge in [0.05, 0.1) is 10.6 Å². The zero-order valence-corrected chi connectivity index (χ0v) is 27.9. The van der Waals surface area contributed by atoms with E-state index in [-0.39, 0.29) is 29.5 Å². The van der Waals surface area contributed by atoms with Crippen molar-refractivity contribution in [1.29, 1.82) is 0 Å². The van der Waals surface area contributed by atoms with Crippen molar-refractivity contribution in [3.8, 4) is 0 Å². The Bertz CT molecular complexity index is 1730. The third kappa shape index (κ3) is 8.87. The number of halogens is 2. The van der Waals surface area contributed by atoms with Gasteiger partial charge in [-0.15, -0.1) is 0 Å². The fourth-order valence-corrected chi connectivity index (χ4v) is 6.80. The maximum atomic E-state index is 14.5. The summed E-state index contributed by atoms with van der Waals surface area (Å²) in [5.41, 5.74) is 3.34. The normalized spacial score (nSPS) is 11.9. The minimum absolute atomic E-state index is 0.0307. The minimum atomic E-state index is -4.23. The molecule has 0 spiro atoms. The molecule has 0 aliphatic heterocycles. The Balaban J connectivity index is 1.83. The van der Waals surface area contributed by atoms with Crippen molar-refractivity contribution in [3.05, 3.63) is 129 Å². The molecule has 0 saturated heterocycles. The zero-order valence-electron chi connectivity index (χ0n) is 25.5. The first-order chi connectivity index (χ1) is 21.5. The Labute approximate surface area is 275 Å². The molecule has 4 aromatic carbocycles. The number of carbonyl (C=O) groups is 2. The summed E-state index contributed by atoms with van der Waals surface area (Å²) in [4.78, 5) is 29.7. The third-order valence-electron chi connectivity index (χ3n) is 7.39. The van der Waals surface area contributed by atoms with Crippen molar-refractivity contribution in [1.82, 2.24) is 10.2 Å². The van der Waals surface area contributed by atoms with Crippen LogP contribution in [0.1, 0.15) is 35.6 Å². The average molecular weight is 667 g/mol. The highest BCUT2D eigenvalue weighted by molar-refractivity contribution is 7.92. The Morgan fingerprint density at radius 2 is 1.49 bits per heavy atom. The Hall–Kier alpha value is -3.85. The summed E-state index contributed by atoms with van der Waals surface area (Å²) in [5.74, 6) is -0.888. The number of amides is 2. The second-order valence-corrected chi connectivity index (χ2v) is 13.6. The van der Waals surface area contributed by atoms with Gasteiger partial charge in [0.25, 0.3) is 10.0 Å². The van der Waals surface area contributed by atoms with E-state index in [1.807, 2.05) is 50.2 Å². The monoisotopic (exact) mass is 665 g/mol. The lowest BCUT2D eigenvalue weighted by Gasteiger charge is -2.34. The van der Waals surface area contributed by atoms with Gasteiger partial charge in [0.1, 0.15) is 12.6 Å². The lowest BCUT2D eigenvalue weighted by Crippen LogP contribution is -2.53. The van der Waals surface area contributed by atoms with Crippen molar-refractivity contribution in [2.24, 2.45) is 0 Å². The molecule has 10 heteroatoms. The number of aryl methyl sites for hydroxylation is 2. The predicted octanol–water partition coefficient (Wildman–Crippen LogP) is 6.97. The lowest BCUT2D eigenvalue weighted by molar-refractivity contribution is -0.140. The highest BCUT2D eigenvalue weighted by Crippen LogP contribution is 2.30. The average Bonchev–Trinajstić information content (AvgIpc) is 3.02. The van der Waals surface area contributed by atoms with Crippen molar-refractivity contribution in [2.75, 3.05) is 17.4 Å². The van der Waals surface area contributed by atoms with Crippen molar-refractivity contribution in [2.45, 2.75) is 51.1 Å². The molecule has 2 amide bonds. The molecule has 0 aliphatic rings. The van der Waals surface area contributed by atoms with E-state index < -0.39 is 28.5 Å². The second kappa shape index (κ2) is 15.4. The maximum absolute atomic E-state index is 14.5. The fourth-order valence-electron chi connectivity index (χ4n) is 4.95. The number of benzene rings is 4. The number of anilines is 1. The molecule has 0 radical (unpaired) electrons. The van der Waals surface area contributed by atoms with Crippen LogP contribution >= 0.6 is 23.2 Å². The Kier molecular flexibility index (Phi) is 11.7. The third-order valence-corrected chi connectivity index (χ3v) is 9.63. The van der Waals surface area contributed by atoms with E-state index in [2.05, 4.69) is 5.32 Å². The SMILES string of the molecule is CCCNC(=O)[C@@H](Cc1ccccc1)N(Cc1cccc(Cl)c1)C(=O)CN(c1cc(Cl)ccc1C)S(=O)(=O)c1ccc(C)cc1. The summed E-state index contributed by atoms with van der Waals surface area (Å²) in [6, 6.07) is 26.9. The molecule has 0 bridgehead atoms. The molecule has 0 saturated carbocycles. The van der Waals surface area contributed by atoms with E-state index in [1.165, 1.54) is 23.1 Å². The van der Waals surface area contributed by atoms with Gasteiger partial charge >= 0.3 is 0 Å². The first-order valence-electron chi connectivity index (χ1n) is 14.7. The van der Waals surface area contributed by atoms with E-state index >= 15 is 0 Å². The van der Waals surface area contributed by atoms with Gasteiger partial charge < -0.3 is 10.2 Å². The Morgan fingerprint density at radius 1 is 0.822 bits per heavy atom. The number of sulfonamides is 1. The van der Waals surface area contributed by atoms with Gasteiger partial charge in [-0.3, -0.25) is 13.9 Å². The van der Waals surface area contributed by atoms with Crippen LogP contribution < -0.4 is 9.62 Å². The quantitative estimate of drug-likeness (QED) is 0.167. The molecule has 7 nitrogen and oxygen atoms in total. The van der Waals surface area contributed by atoms with Gasteiger partial charge in [0.2, 0.25) is 11.8 Å². The molecule has 0 heterocycles. The Morgan fingerprint density at radius 3 is 2.16 bits per heavy atom. The maximum Gasteiger partial charge on any atom is 0.264 e. The number of hydrogen-bond donors (Lipinski definition) is 1. The molecule has 0 fully saturated rings. The standard InChI is InChI=1S/C35H37Cl2N3O4S/c1-4-19-38-35(42)33(21-27-9-6-5-7-10-27)39(23-28-11-8-12-29(36)20-28)34(41)24-40(32-22-30(37)16-15-26(32)3)45(43,44)31-17-13-25(2)14-18-31/h5-18,20,22,33H,4,19,21,23-24H2,1-3H3,(H,38,42)/t33-/m1/s1. The summed E-state index contributed by atoms with van der Waals surface area (Å²) in [7, 11) is -4.23. The molecule has 0 unspecified atom stereocenters. The van der Waals surface area contributed by atoms with Gasteiger partial charge in [-0.25, -0.2) is 8.42 Å². The molecule has 0 aromatic heterocycles. The van der Waals surface area contributed by atoms with Crippen molar-refractivity contribution in [3.63, 3.8) is 0 Å². The van der Waals surface area contributed by atoms with Crippen LogP contribution in [0.4, 0.5) is 5.69 Å². The van der Waals surface area contributed by atoms with E-state index in [4.69, 9.17) is 23.2 Å². The van der Waals surface area contributed by atoms with Crippen LogP contribution in [0.25, 0.3) is 0 Å². The van der Waals surface area contributed by atoms with Crippen LogP contribution in [-0.4, -0.2) is 44.3 Å². The first-order valence-corrected chi connectivity index (χ1v) is 16.9. The van der Waals surface area contributed by atoms with E-state index in [9.17, 15) is 18.0 Å². The van der Waals surface area contributed by atoms with Gasteiger partial charge in [0, 0.05) is 29.6 Å². The van der Waals surface area contributed by atoms with Crippen LogP contribution in [0.2, 0.25) is 10.0 Å². The molecule has 45 heavy (non-hydrogen) atoms. The van der Waals surface area contributed by atoms with Gasteiger partial charge in [-0.2, -0.15) is 0 Å². The smallest absolute Gasteiger partial charge is 0.264 e. The van der Waals surface area contributed by atoms with Gasteiger partial charge in [-0.1, -0.05) is 96.4 Å². The van der Waals surface area contributed by atoms with Crippen LogP contribution in [-0.2, 0) is 32.6 Å². The lowest BCUT2D eigenvalue weighted by atomic mass is 10.0. The number of carbonyl (C=O) groups excluding carboxylic acids is 2. The van der Waals surface area contributed by atoms with Crippen molar-refractivity contribution >= 4 is 50.7 Å². The highest BCUT2D eigenvalue weighted by Gasteiger charge is 2.35. The molecule has 4 aromatic rings. The molecule has 1 atom stereocenters. The number of nitrogens with zero attached hydrogens (tertiary/aromatic N) is 2. The highest BCUT2D eigenvalue weighted by atomic mass is 35.5. The van der Waals surface area contributed by atoms with E-state index in [0.29, 0.717) is 34.1 Å². The summed E-state index contributed by atoms with van der Waals surface area (Å²) in [6.07, 6.45) is 0.937. The van der Waals surface area contributed by atoms with Crippen LogP contribution in [0.15, 0.2) is 102 Å². The van der Waals surface area contributed by atoms with Gasteiger partial charge in [0.15, 0.2) is 0 Å². The molecule has 1 N–H and O–H groups in total. The second-order valence-electron chi connectivity index (χ2n) is 10.9. The largest absolute Gasteiger partial charge is 0.354 e. The fraction of sp³-hybridized carbons (Fsp3) is 0.257. The number of nitrogens with one attached hydrogen (secondary N) is 1.